The number of rotatable bonds is 7. The second kappa shape index (κ2) is 8.88. The quantitative estimate of drug-likeness (QED) is 0.294. The van der Waals surface area contributed by atoms with Crippen LogP contribution in [0.25, 0.3) is 0 Å². The van der Waals surface area contributed by atoms with Crippen molar-refractivity contribution in [2.45, 2.75) is 26.7 Å². The Morgan fingerprint density at radius 1 is 1.19 bits per heavy atom. The van der Waals surface area contributed by atoms with Crippen molar-refractivity contribution in [1.82, 2.24) is 0 Å². The van der Waals surface area contributed by atoms with Crippen molar-refractivity contribution in [2.75, 3.05) is 13.2 Å². The van der Waals surface area contributed by atoms with Crippen molar-refractivity contribution in [3.8, 4) is 0 Å². The molecule has 0 aromatic rings. The molecule has 0 radical (unpaired) electrons. The second-order valence-corrected chi connectivity index (χ2v) is 2.88. The Kier molecular flexibility index (Phi) is 8.11. The number of hydrogen-bond acceptors (Lipinski definition) is 3. The molecule has 0 fully saturated rings. The molecule has 0 N–H and O–H groups in total. The van der Waals surface area contributed by atoms with E-state index in [1.807, 2.05) is 6.92 Å². The number of allylic oxidation sites excluding steroid dienone is 1. The van der Waals surface area contributed by atoms with E-state index >= 15 is 0 Å². The Balaban J connectivity index is 4.17. The van der Waals surface area contributed by atoms with Crippen LogP contribution in [0.15, 0.2) is 24.0 Å². The highest BCUT2D eigenvalue weighted by atomic mass is 19.3. The van der Waals surface area contributed by atoms with Gasteiger partial charge in [0.15, 0.2) is 0 Å². The van der Waals surface area contributed by atoms with Gasteiger partial charge in [-0.1, -0.05) is 25.5 Å². The van der Waals surface area contributed by atoms with Crippen LogP contribution in [0.2, 0.25) is 0 Å². The normalized spacial score (nSPS) is 10.2. The Hall–Kier alpha value is -1.39. The average molecular weight is 234 g/mol. The van der Waals surface area contributed by atoms with Gasteiger partial charge < -0.3 is 9.47 Å². The minimum atomic E-state index is -2.16. The molecule has 0 unspecified atom stereocenters. The lowest BCUT2D eigenvalue weighted by Gasteiger charge is -2.06. The summed E-state index contributed by atoms with van der Waals surface area (Å²) >= 11 is 0. The standard InChI is InChI=1S/C11H16F2O3/c1-3-5-6-7-8-16-9(10(12)13)11(14)15-4-2/h6-7H,3-5,8H2,1-2H3/b7-6+. The molecule has 0 spiro atoms. The molecule has 0 saturated heterocycles. The Labute approximate surface area is 93.7 Å². The summed E-state index contributed by atoms with van der Waals surface area (Å²) in [7, 11) is 0. The fourth-order valence-corrected chi connectivity index (χ4v) is 0.871. The molecule has 0 aliphatic carbocycles. The van der Waals surface area contributed by atoms with E-state index in [2.05, 4.69) is 9.47 Å². The summed E-state index contributed by atoms with van der Waals surface area (Å²) in [5.41, 5.74) is 0. The highest BCUT2D eigenvalue weighted by molar-refractivity contribution is 5.86. The van der Waals surface area contributed by atoms with Gasteiger partial charge in [-0.2, -0.15) is 8.78 Å². The van der Waals surface area contributed by atoms with Crippen molar-refractivity contribution in [3.63, 3.8) is 0 Å². The first kappa shape index (κ1) is 14.6. The van der Waals surface area contributed by atoms with E-state index in [1.54, 1.807) is 12.2 Å². The molecule has 0 bridgehead atoms. The van der Waals surface area contributed by atoms with Gasteiger partial charge in [0.2, 0.25) is 0 Å². The molecule has 0 heterocycles. The van der Waals surface area contributed by atoms with Crippen LogP contribution in [0.3, 0.4) is 0 Å². The average Bonchev–Trinajstić information content (AvgIpc) is 2.23. The van der Waals surface area contributed by atoms with E-state index < -0.39 is 17.8 Å². The molecule has 0 aliphatic heterocycles. The Morgan fingerprint density at radius 3 is 2.38 bits per heavy atom. The Morgan fingerprint density at radius 2 is 1.88 bits per heavy atom. The summed E-state index contributed by atoms with van der Waals surface area (Å²) in [6.07, 6.45) is 3.04. The van der Waals surface area contributed by atoms with Crippen LogP contribution in [0.5, 0.6) is 0 Å². The van der Waals surface area contributed by atoms with E-state index in [0.717, 1.165) is 12.8 Å². The lowest BCUT2D eigenvalue weighted by Crippen LogP contribution is -2.11. The summed E-state index contributed by atoms with van der Waals surface area (Å²) in [5, 5.41) is 0. The molecule has 0 aromatic heterocycles. The summed E-state index contributed by atoms with van der Waals surface area (Å²) in [5.74, 6) is -2.14. The largest absolute Gasteiger partial charge is 0.479 e. The Bertz CT molecular complexity index is 268. The first-order valence-corrected chi connectivity index (χ1v) is 5.13. The fourth-order valence-electron chi connectivity index (χ4n) is 0.871. The number of esters is 1. The summed E-state index contributed by atoms with van der Waals surface area (Å²) in [4.78, 5) is 11.0. The smallest absolute Gasteiger partial charge is 0.379 e. The SMILES string of the molecule is CCC/C=C/COC(C(=O)OCC)=C(F)F. The van der Waals surface area contributed by atoms with Gasteiger partial charge >= 0.3 is 12.0 Å². The topological polar surface area (TPSA) is 35.5 Å². The second-order valence-electron chi connectivity index (χ2n) is 2.88. The molecule has 0 aromatic carbocycles. The van der Waals surface area contributed by atoms with E-state index in [0.29, 0.717) is 0 Å². The number of ether oxygens (including phenoxy) is 2. The summed E-state index contributed by atoms with van der Waals surface area (Å²) < 4.78 is 33.6. The zero-order chi connectivity index (χ0) is 12.4. The predicted molar refractivity (Wildman–Crippen MR) is 55.9 cm³/mol. The van der Waals surface area contributed by atoms with Gasteiger partial charge in [-0.3, -0.25) is 0 Å². The van der Waals surface area contributed by atoms with Gasteiger partial charge in [-0.05, 0) is 13.3 Å². The van der Waals surface area contributed by atoms with Crippen LogP contribution < -0.4 is 0 Å². The maximum absolute atomic E-state index is 12.3. The maximum atomic E-state index is 12.3. The van der Waals surface area contributed by atoms with E-state index in [9.17, 15) is 13.6 Å². The number of unbranched alkanes of at least 4 members (excludes halogenated alkanes) is 1. The first-order chi connectivity index (χ1) is 7.63. The molecule has 0 atom stereocenters. The third-order valence-corrected chi connectivity index (χ3v) is 1.58. The molecule has 0 saturated carbocycles. The van der Waals surface area contributed by atoms with Crippen LogP contribution in [0, 0.1) is 0 Å². The number of hydrogen-bond donors (Lipinski definition) is 0. The predicted octanol–water partition coefficient (Wildman–Crippen LogP) is 3.03. The van der Waals surface area contributed by atoms with Crippen LogP contribution in [-0.4, -0.2) is 19.2 Å². The van der Waals surface area contributed by atoms with E-state index in [1.165, 1.54) is 6.92 Å². The van der Waals surface area contributed by atoms with E-state index in [4.69, 9.17) is 0 Å². The summed E-state index contributed by atoms with van der Waals surface area (Å²) in [6.45, 7) is 3.50. The van der Waals surface area contributed by atoms with Gasteiger partial charge in [0.1, 0.15) is 6.61 Å². The fraction of sp³-hybridized carbons (Fsp3) is 0.545. The molecule has 92 valence electrons. The molecular formula is C11H16F2O3. The van der Waals surface area contributed by atoms with Crippen molar-refractivity contribution in [2.24, 2.45) is 0 Å². The highest BCUT2D eigenvalue weighted by Crippen LogP contribution is 2.11. The van der Waals surface area contributed by atoms with Gasteiger partial charge in [0.25, 0.3) is 5.76 Å². The van der Waals surface area contributed by atoms with Gasteiger partial charge in [0, 0.05) is 0 Å². The highest BCUT2D eigenvalue weighted by Gasteiger charge is 2.18. The van der Waals surface area contributed by atoms with Crippen LogP contribution in [-0.2, 0) is 14.3 Å². The van der Waals surface area contributed by atoms with Crippen molar-refractivity contribution < 1.29 is 23.0 Å². The molecule has 0 amide bonds. The van der Waals surface area contributed by atoms with Gasteiger partial charge in [0.05, 0.1) is 6.61 Å². The lowest BCUT2D eigenvalue weighted by atomic mass is 10.3. The number of carbonyl (C=O) groups is 1. The molecule has 0 aliphatic rings. The van der Waals surface area contributed by atoms with Gasteiger partial charge in [-0.15, -0.1) is 0 Å². The maximum Gasteiger partial charge on any atom is 0.379 e. The zero-order valence-corrected chi connectivity index (χ0v) is 9.46. The number of halogens is 2. The molecule has 5 heteroatoms. The third kappa shape index (κ3) is 6.16. The van der Waals surface area contributed by atoms with Crippen molar-refractivity contribution in [1.29, 1.82) is 0 Å². The molecule has 3 nitrogen and oxygen atoms in total. The van der Waals surface area contributed by atoms with Crippen LogP contribution in [0.4, 0.5) is 8.78 Å². The third-order valence-electron chi connectivity index (χ3n) is 1.58. The van der Waals surface area contributed by atoms with Crippen molar-refractivity contribution in [3.05, 3.63) is 24.0 Å². The first-order valence-electron chi connectivity index (χ1n) is 5.13. The van der Waals surface area contributed by atoms with E-state index in [-0.39, 0.29) is 13.2 Å². The minimum absolute atomic E-state index is 0.0324. The molecule has 0 rings (SSSR count). The molecular weight excluding hydrogens is 218 g/mol. The molecule has 16 heavy (non-hydrogen) atoms. The lowest BCUT2D eigenvalue weighted by molar-refractivity contribution is -0.142. The summed E-state index contributed by atoms with van der Waals surface area (Å²) in [6, 6.07) is 0. The van der Waals surface area contributed by atoms with Crippen molar-refractivity contribution >= 4 is 5.97 Å². The minimum Gasteiger partial charge on any atom is -0.479 e. The zero-order valence-electron chi connectivity index (χ0n) is 9.46. The van der Waals surface area contributed by atoms with Gasteiger partial charge in [-0.25, -0.2) is 4.79 Å². The number of carbonyl (C=O) groups excluding carboxylic acids is 1. The van der Waals surface area contributed by atoms with Crippen LogP contribution in [0.1, 0.15) is 26.7 Å². The monoisotopic (exact) mass is 234 g/mol. The van der Waals surface area contributed by atoms with Crippen LogP contribution >= 0.6 is 0 Å².